The van der Waals surface area contributed by atoms with Gasteiger partial charge in [0.15, 0.2) is 0 Å². The largest absolute Gasteiger partial charge is 0.385 e. The maximum atomic E-state index is 4.93. The molecule has 2 atom stereocenters. The van der Waals surface area contributed by atoms with Crippen LogP contribution in [0.3, 0.4) is 0 Å². The predicted molar refractivity (Wildman–Crippen MR) is 123 cm³/mol. The molecule has 29 heavy (non-hydrogen) atoms. The average molecular weight is 386 g/mol. The van der Waals surface area contributed by atoms with Crippen molar-refractivity contribution in [2.45, 2.75) is 58.9 Å². The lowest BCUT2D eigenvalue weighted by Gasteiger charge is -2.16. The third kappa shape index (κ3) is 3.91. The van der Waals surface area contributed by atoms with Crippen molar-refractivity contribution in [3.05, 3.63) is 76.8 Å². The number of nitrogens with zero attached hydrogens (tertiary/aromatic N) is 2. The van der Waals surface area contributed by atoms with Gasteiger partial charge >= 0.3 is 0 Å². The van der Waals surface area contributed by atoms with Gasteiger partial charge in [0.1, 0.15) is 0 Å². The number of nitrogens with one attached hydrogen (secondary N) is 1. The van der Waals surface area contributed by atoms with Crippen LogP contribution in [-0.4, -0.2) is 17.2 Å². The van der Waals surface area contributed by atoms with Crippen molar-refractivity contribution in [3.8, 4) is 0 Å². The van der Waals surface area contributed by atoms with Crippen LogP contribution >= 0.6 is 0 Å². The Morgan fingerprint density at radius 2 is 1.72 bits per heavy atom. The monoisotopic (exact) mass is 385 g/mol. The molecule has 0 saturated carbocycles. The number of aromatic nitrogens is 1. The van der Waals surface area contributed by atoms with Crippen molar-refractivity contribution in [2.24, 2.45) is 10.9 Å². The molecule has 2 heterocycles. The summed E-state index contributed by atoms with van der Waals surface area (Å²) in [6.07, 6.45) is 7.60. The first-order valence-electron chi connectivity index (χ1n) is 10.8. The van der Waals surface area contributed by atoms with E-state index >= 15 is 0 Å². The van der Waals surface area contributed by atoms with Crippen molar-refractivity contribution in [3.63, 3.8) is 0 Å². The number of para-hydroxylation sites is 1. The third-order valence-corrected chi connectivity index (χ3v) is 5.88. The average Bonchev–Trinajstić information content (AvgIpc) is 3.25. The fraction of sp³-hybridized carbons (Fsp3) is 0.385. The molecule has 2 aromatic rings. The number of aliphatic imine (C=N–C) groups is 1. The van der Waals surface area contributed by atoms with E-state index in [0.717, 1.165) is 17.1 Å². The van der Waals surface area contributed by atoms with E-state index in [1.54, 1.807) is 0 Å². The first-order valence-corrected chi connectivity index (χ1v) is 10.8. The van der Waals surface area contributed by atoms with Crippen LogP contribution in [0, 0.1) is 5.92 Å². The Morgan fingerprint density at radius 1 is 1.03 bits per heavy atom. The Hall–Kier alpha value is -2.68. The fourth-order valence-corrected chi connectivity index (χ4v) is 4.37. The van der Waals surface area contributed by atoms with E-state index in [1.165, 1.54) is 28.8 Å². The first kappa shape index (κ1) is 19.6. The number of pyridine rings is 1. The summed E-state index contributed by atoms with van der Waals surface area (Å²) in [4.78, 5) is 9.83. The molecule has 0 bridgehead atoms. The smallest absolute Gasteiger partial charge is 0.0820 e. The highest BCUT2D eigenvalue weighted by atomic mass is 15.0. The first-order chi connectivity index (χ1) is 13.9. The lowest BCUT2D eigenvalue weighted by Crippen LogP contribution is -2.16. The van der Waals surface area contributed by atoms with E-state index < -0.39 is 0 Å². The molecule has 150 valence electrons. The highest BCUT2D eigenvalue weighted by molar-refractivity contribution is 5.83. The molecule has 1 N–H and O–H groups in total. The molecule has 2 unspecified atom stereocenters. The Kier molecular flexibility index (Phi) is 5.40. The van der Waals surface area contributed by atoms with Crippen molar-refractivity contribution in [1.29, 1.82) is 0 Å². The van der Waals surface area contributed by atoms with Crippen LogP contribution in [0.5, 0.6) is 0 Å². The van der Waals surface area contributed by atoms with Crippen molar-refractivity contribution in [1.82, 2.24) is 10.3 Å². The van der Waals surface area contributed by atoms with Gasteiger partial charge in [-0.05, 0) is 48.4 Å². The summed E-state index contributed by atoms with van der Waals surface area (Å²) in [5.41, 5.74) is 8.14. The van der Waals surface area contributed by atoms with Crippen LogP contribution in [0.4, 0.5) is 5.69 Å². The molecule has 3 heteroatoms. The summed E-state index contributed by atoms with van der Waals surface area (Å²) < 4.78 is 0. The molecule has 0 spiro atoms. The SMILES string of the molecule is CC1CC2C=CC(c3cccc(C=Nc4c(C(C)C)cccc4C(C)C)n3)=C2N1. The number of fused-ring (bicyclic) bond motifs is 1. The van der Waals surface area contributed by atoms with Gasteiger partial charge in [-0.25, -0.2) is 4.98 Å². The summed E-state index contributed by atoms with van der Waals surface area (Å²) in [6.45, 7) is 11.1. The minimum Gasteiger partial charge on any atom is -0.385 e. The van der Waals surface area contributed by atoms with Crippen molar-refractivity contribution < 1.29 is 0 Å². The van der Waals surface area contributed by atoms with Crippen LogP contribution in [-0.2, 0) is 0 Å². The maximum absolute atomic E-state index is 4.93. The number of hydrogen-bond donors (Lipinski definition) is 1. The van der Waals surface area contributed by atoms with Gasteiger partial charge in [-0.2, -0.15) is 0 Å². The highest BCUT2D eigenvalue weighted by Crippen LogP contribution is 2.37. The van der Waals surface area contributed by atoms with Gasteiger partial charge in [-0.1, -0.05) is 64.1 Å². The lowest BCUT2D eigenvalue weighted by atomic mass is 9.93. The second-order valence-corrected chi connectivity index (χ2v) is 8.87. The molecule has 2 aliphatic rings. The van der Waals surface area contributed by atoms with Crippen LogP contribution in [0.25, 0.3) is 5.57 Å². The van der Waals surface area contributed by atoms with Crippen LogP contribution < -0.4 is 5.32 Å². The molecule has 1 aliphatic carbocycles. The molecule has 0 radical (unpaired) electrons. The van der Waals surface area contributed by atoms with Crippen molar-refractivity contribution in [2.75, 3.05) is 0 Å². The van der Waals surface area contributed by atoms with E-state index in [2.05, 4.69) is 82.4 Å². The van der Waals surface area contributed by atoms with Gasteiger partial charge in [0.25, 0.3) is 0 Å². The predicted octanol–water partition coefficient (Wildman–Crippen LogP) is 6.36. The number of allylic oxidation sites excluding steroid dienone is 3. The van der Waals surface area contributed by atoms with Crippen LogP contribution in [0.1, 0.15) is 75.4 Å². The summed E-state index contributed by atoms with van der Waals surface area (Å²) in [7, 11) is 0. The summed E-state index contributed by atoms with van der Waals surface area (Å²) in [6, 6.07) is 13.3. The quantitative estimate of drug-likeness (QED) is 0.608. The molecule has 1 aliphatic heterocycles. The van der Waals surface area contributed by atoms with Crippen LogP contribution in [0.15, 0.2) is 59.2 Å². The van der Waals surface area contributed by atoms with Crippen molar-refractivity contribution >= 4 is 17.5 Å². The van der Waals surface area contributed by atoms with Gasteiger partial charge < -0.3 is 5.32 Å². The molecule has 1 fully saturated rings. The van der Waals surface area contributed by atoms with Gasteiger partial charge in [0.2, 0.25) is 0 Å². The third-order valence-electron chi connectivity index (χ3n) is 5.88. The minimum atomic E-state index is 0.433. The molecular weight excluding hydrogens is 354 g/mol. The van der Waals surface area contributed by atoms with Gasteiger partial charge in [-0.3, -0.25) is 4.99 Å². The van der Waals surface area contributed by atoms with Gasteiger partial charge in [0, 0.05) is 23.2 Å². The minimum absolute atomic E-state index is 0.433. The summed E-state index contributed by atoms with van der Waals surface area (Å²) in [5.74, 6) is 1.39. The molecule has 1 saturated heterocycles. The molecule has 1 aromatic carbocycles. The van der Waals surface area contributed by atoms with E-state index in [-0.39, 0.29) is 0 Å². The zero-order chi connectivity index (χ0) is 20.5. The topological polar surface area (TPSA) is 37.3 Å². The zero-order valence-corrected chi connectivity index (χ0v) is 18.1. The Bertz CT molecular complexity index is 969. The molecular formula is C26H31N3. The second-order valence-electron chi connectivity index (χ2n) is 8.87. The van der Waals surface area contributed by atoms with Gasteiger partial charge in [0.05, 0.1) is 23.3 Å². The summed E-state index contributed by atoms with van der Waals surface area (Å²) in [5, 5.41) is 3.62. The van der Waals surface area contributed by atoms with Gasteiger partial charge in [-0.15, -0.1) is 0 Å². The number of rotatable bonds is 5. The van der Waals surface area contributed by atoms with E-state index in [1.807, 2.05) is 12.3 Å². The van der Waals surface area contributed by atoms with Crippen LogP contribution in [0.2, 0.25) is 0 Å². The Balaban J connectivity index is 1.68. The molecule has 0 amide bonds. The number of hydrogen-bond acceptors (Lipinski definition) is 3. The lowest BCUT2D eigenvalue weighted by molar-refractivity contribution is 0.653. The maximum Gasteiger partial charge on any atom is 0.0820 e. The highest BCUT2D eigenvalue weighted by Gasteiger charge is 2.30. The summed E-state index contributed by atoms with van der Waals surface area (Å²) >= 11 is 0. The Morgan fingerprint density at radius 3 is 2.41 bits per heavy atom. The van der Waals surface area contributed by atoms with E-state index in [9.17, 15) is 0 Å². The normalized spacial score (nSPS) is 20.9. The molecule has 3 nitrogen and oxygen atoms in total. The number of benzene rings is 1. The second kappa shape index (κ2) is 7.98. The fourth-order valence-electron chi connectivity index (χ4n) is 4.37. The Labute approximate surface area is 174 Å². The van der Waals surface area contributed by atoms with E-state index in [4.69, 9.17) is 9.98 Å². The molecule has 1 aromatic heterocycles. The zero-order valence-electron chi connectivity index (χ0n) is 18.1. The standard InChI is InChI=1S/C26H31N3/c1-16(2)21-9-7-10-22(17(3)4)26(21)27-15-20-8-6-11-24(29-20)23-13-12-19-14-18(5)28-25(19)23/h6-13,15-19,28H,14H2,1-5H3. The molecule has 4 rings (SSSR count). The van der Waals surface area contributed by atoms with E-state index in [0.29, 0.717) is 23.8 Å².